The maximum absolute atomic E-state index is 12.7. The quantitative estimate of drug-likeness (QED) is 0.415. The summed E-state index contributed by atoms with van der Waals surface area (Å²) in [6.45, 7) is 6.38. The van der Waals surface area contributed by atoms with Crippen LogP contribution in [0.15, 0.2) is 48.5 Å². The van der Waals surface area contributed by atoms with Gasteiger partial charge in [-0.1, -0.05) is 29.8 Å². The molecule has 2 amide bonds. The van der Waals surface area contributed by atoms with Gasteiger partial charge in [0.15, 0.2) is 0 Å². The van der Waals surface area contributed by atoms with Gasteiger partial charge in [-0.3, -0.25) is 14.5 Å². The number of benzene rings is 2. The summed E-state index contributed by atoms with van der Waals surface area (Å²) in [6, 6.07) is 15.7. The minimum Gasteiger partial charge on any atom is -0.494 e. The second kappa shape index (κ2) is 13.8. The lowest BCUT2D eigenvalue weighted by Crippen LogP contribution is -2.52. The molecule has 2 aliphatic rings. The fourth-order valence-electron chi connectivity index (χ4n) is 5.13. The highest BCUT2D eigenvalue weighted by Gasteiger charge is 2.37. The number of aryl methyl sites for hydroxylation is 1. The van der Waals surface area contributed by atoms with E-state index in [1.54, 1.807) is 4.90 Å². The predicted molar refractivity (Wildman–Crippen MR) is 148 cm³/mol. The maximum atomic E-state index is 12.7. The molecule has 2 heterocycles. The molecular weight excluding hydrogens is 498 g/mol. The normalized spacial score (nSPS) is 20.2. The Bertz CT molecular complexity index is 1090. The van der Waals surface area contributed by atoms with Crippen LogP contribution in [0.1, 0.15) is 30.4 Å². The van der Waals surface area contributed by atoms with Crippen LogP contribution in [-0.4, -0.2) is 103 Å². The number of amides is 2. The van der Waals surface area contributed by atoms with Gasteiger partial charge >= 0.3 is 0 Å². The van der Waals surface area contributed by atoms with E-state index in [0.29, 0.717) is 45.0 Å². The van der Waals surface area contributed by atoms with Gasteiger partial charge in [-0.05, 0) is 49.6 Å². The van der Waals surface area contributed by atoms with E-state index in [0.717, 1.165) is 42.8 Å². The number of rotatable bonds is 12. The molecule has 0 bridgehead atoms. The minimum absolute atomic E-state index is 0.0276. The summed E-state index contributed by atoms with van der Waals surface area (Å²) in [5, 5.41) is 11.7. The number of aliphatic hydroxyl groups is 1. The Kier molecular flexibility index (Phi) is 10.2. The first-order chi connectivity index (χ1) is 18.8. The average molecular weight is 540 g/mol. The van der Waals surface area contributed by atoms with Gasteiger partial charge in [0.2, 0.25) is 11.8 Å². The Morgan fingerprint density at radius 2 is 1.85 bits per heavy atom. The van der Waals surface area contributed by atoms with E-state index in [9.17, 15) is 14.7 Å². The van der Waals surface area contributed by atoms with Crippen molar-refractivity contribution >= 4 is 11.8 Å². The average Bonchev–Trinajstić information content (AvgIpc) is 3.25. The van der Waals surface area contributed by atoms with Crippen molar-refractivity contribution in [2.45, 2.75) is 38.3 Å². The highest BCUT2D eigenvalue weighted by Crippen LogP contribution is 2.22. The molecule has 1 unspecified atom stereocenters. The number of β-amino-alcohol motifs (C(OH)–C–C–N with tert-alkyl or cyclic N) is 1. The molecule has 2 saturated heterocycles. The van der Waals surface area contributed by atoms with E-state index in [4.69, 9.17) is 14.2 Å². The van der Waals surface area contributed by atoms with Crippen molar-refractivity contribution in [3.8, 4) is 11.5 Å². The van der Waals surface area contributed by atoms with Crippen LogP contribution in [0.4, 0.5) is 0 Å². The molecular formula is C30H41N3O6. The maximum Gasteiger partial charge on any atom is 0.248 e. The van der Waals surface area contributed by atoms with Crippen molar-refractivity contribution in [2.24, 2.45) is 0 Å². The van der Waals surface area contributed by atoms with Crippen molar-refractivity contribution in [1.29, 1.82) is 0 Å². The van der Waals surface area contributed by atoms with Gasteiger partial charge in [0.1, 0.15) is 30.3 Å². The summed E-state index contributed by atoms with van der Waals surface area (Å²) in [5.41, 5.74) is 0.929. The van der Waals surface area contributed by atoms with Crippen molar-refractivity contribution in [2.75, 3.05) is 66.2 Å². The molecule has 2 fully saturated rings. The molecule has 0 spiro atoms. The Morgan fingerprint density at radius 1 is 1.03 bits per heavy atom. The molecule has 2 aliphatic heterocycles. The summed E-state index contributed by atoms with van der Waals surface area (Å²) in [6.07, 6.45) is 2.40. The lowest BCUT2D eigenvalue weighted by Gasteiger charge is -2.33. The van der Waals surface area contributed by atoms with Crippen molar-refractivity contribution < 1.29 is 28.9 Å². The van der Waals surface area contributed by atoms with Gasteiger partial charge in [-0.25, -0.2) is 0 Å². The zero-order valence-corrected chi connectivity index (χ0v) is 23.1. The van der Waals surface area contributed by atoms with Crippen LogP contribution in [0.3, 0.4) is 0 Å². The summed E-state index contributed by atoms with van der Waals surface area (Å²) < 4.78 is 17.0. The third-order valence-electron chi connectivity index (χ3n) is 7.16. The largest absolute Gasteiger partial charge is 0.494 e. The molecule has 4 rings (SSSR count). The Balaban J connectivity index is 1.37. The van der Waals surface area contributed by atoms with Crippen LogP contribution in [0.25, 0.3) is 0 Å². The number of nitrogens with zero attached hydrogens (tertiary/aromatic N) is 3. The number of hydrogen-bond acceptors (Lipinski definition) is 7. The van der Waals surface area contributed by atoms with E-state index in [1.807, 2.05) is 60.4 Å². The summed E-state index contributed by atoms with van der Waals surface area (Å²) >= 11 is 0. The van der Waals surface area contributed by atoms with Crippen molar-refractivity contribution in [1.82, 2.24) is 14.7 Å². The van der Waals surface area contributed by atoms with Crippen LogP contribution < -0.4 is 9.47 Å². The third kappa shape index (κ3) is 8.68. The predicted octanol–water partition coefficient (Wildman–Crippen LogP) is 2.49. The Labute approximate surface area is 231 Å². The highest BCUT2D eigenvalue weighted by molar-refractivity contribution is 5.78. The van der Waals surface area contributed by atoms with Crippen LogP contribution in [0.2, 0.25) is 0 Å². The molecule has 0 aromatic heterocycles. The lowest BCUT2D eigenvalue weighted by atomic mass is 10.0. The molecule has 2 aromatic rings. The SMILES string of the molecule is COCC(=O)N1CCN(Cc2cccc(OCCCN3CCCC3=O)c2)CC(O)(COc2ccc(C)cc2)C1. The fraction of sp³-hybridized carbons (Fsp3) is 0.533. The zero-order chi connectivity index (χ0) is 27.7. The van der Waals surface area contributed by atoms with Crippen LogP contribution in [0, 0.1) is 6.92 Å². The van der Waals surface area contributed by atoms with E-state index >= 15 is 0 Å². The summed E-state index contributed by atoms with van der Waals surface area (Å²) in [7, 11) is 1.50. The van der Waals surface area contributed by atoms with E-state index in [2.05, 4.69) is 4.90 Å². The number of carbonyl (C=O) groups is 2. The van der Waals surface area contributed by atoms with Gasteiger partial charge in [0.05, 0.1) is 13.2 Å². The molecule has 9 heteroatoms. The number of carbonyl (C=O) groups excluding carboxylic acids is 2. The molecule has 1 atom stereocenters. The van der Waals surface area contributed by atoms with E-state index in [1.165, 1.54) is 7.11 Å². The molecule has 0 radical (unpaired) electrons. The first kappa shape index (κ1) is 28.9. The highest BCUT2D eigenvalue weighted by atomic mass is 16.5. The summed E-state index contributed by atoms with van der Waals surface area (Å²) in [4.78, 5) is 30.2. The molecule has 212 valence electrons. The standard InChI is InChI=1S/C30H41N3O6/c1-24-9-11-26(12-10-24)39-23-30(36)21-31(15-16-33(22-30)29(35)20-37-2)19-25-6-3-7-27(18-25)38-17-5-14-32-13-4-8-28(32)34/h3,6-7,9-12,18,36H,4-5,8,13-17,19-23H2,1-2H3. The number of hydrogen-bond donors (Lipinski definition) is 1. The first-order valence-corrected chi connectivity index (χ1v) is 13.7. The van der Waals surface area contributed by atoms with Gasteiger partial charge in [-0.2, -0.15) is 0 Å². The minimum atomic E-state index is -1.26. The van der Waals surface area contributed by atoms with Crippen molar-refractivity contribution in [3.63, 3.8) is 0 Å². The molecule has 9 nitrogen and oxygen atoms in total. The fourth-order valence-corrected chi connectivity index (χ4v) is 5.13. The monoisotopic (exact) mass is 539 g/mol. The van der Waals surface area contributed by atoms with E-state index < -0.39 is 5.60 Å². The van der Waals surface area contributed by atoms with Crippen LogP contribution >= 0.6 is 0 Å². The number of methoxy groups -OCH3 is 1. The van der Waals surface area contributed by atoms with Gasteiger partial charge < -0.3 is 29.1 Å². The zero-order valence-electron chi connectivity index (χ0n) is 23.1. The second-order valence-electron chi connectivity index (χ2n) is 10.6. The molecule has 39 heavy (non-hydrogen) atoms. The molecule has 0 aliphatic carbocycles. The van der Waals surface area contributed by atoms with E-state index in [-0.39, 0.29) is 31.6 Å². The van der Waals surface area contributed by atoms with Gasteiger partial charge in [0.25, 0.3) is 0 Å². The topological polar surface area (TPSA) is 91.8 Å². The number of likely N-dealkylation sites (tertiary alicyclic amines) is 1. The van der Waals surface area contributed by atoms with Gasteiger partial charge in [0, 0.05) is 52.8 Å². The Hall–Kier alpha value is -3.14. The Morgan fingerprint density at radius 3 is 2.59 bits per heavy atom. The number of ether oxygens (including phenoxy) is 3. The van der Waals surface area contributed by atoms with Crippen molar-refractivity contribution in [3.05, 3.63) is 59.7 Å². The second-order valence-corrected chi connectivity index (χ2v) is 10.6. The molecule has 1 N–H and O–H groups in total. The third-order valence-corrected chi connectivity index (χ3v) is 7.16. The molecule has 2 aromatic carbocycles. The molecule has 0 saturated carbocycles. The summed E-state index contributed by atoms with van der Waals surface area (Å²) in [5.74, 6) is 1.55. The van der Waals surface area contributed by atoms with Crippen LogP contribution in [-0.2, 0) is 20.9 Å². The van der Waals surface area contributed by atoms with Crippen LogP contribution in [0.5, 0.6) is 11.5 Å². The lowest BCUT2D eigenvalue weighted by molar-refractivity contribution is -0.138. The van der Waals surface area contributed by atoms with Gasteiger partial charge in [-0.15, -0.1) is 0 Å². The first-order valence-electron chi connectivity index (χ1n) is 13.7. The smallest absolute Gasteiger partial charge is 0.248 e.